The first kappa shape index (κ1) is 19.2. The molecule has 1 heterocycles. The molecule has 0 radical (unpaired) electrons. The van der Waals surface area contributed by atoms with Crippen molar-refractivity contribution < 1.29 is 48.0 Å². The molecule has 4 heteroatoms. The summed E-state index contributed by atoms with van der Waals surface area (Å²) in [5, 5.41) is 0. The van der Waals surface area contributed by atoms with Crippen LogP contribution in [-0.2, 0) is 23.2 Å². The van der Waals surface area contributed by atoms with Gasteiger partial charge in [-0.1, -0.05) is 0 Å². The van der Waals surface area contributed by atoms with Crippen LogP contribution in [0, 0.1) is 12.3 Å². The fourth-order valence-corrected chi connectivity index (χ4v) is 6.39. The Balaban J connectivity index is 0.00000162. The topological polar surface area (TPSA) is 15.8 Å². The summed E-state index contributed by atoms with van der Waals surface area (Å²) < 4.78 is 3.26. The molecule has 104 valence electrons. The van der Waals surface area contributed by atoms with Crippen molar-refractivity contribution in [3.05, 3.63) is 37.8 Å². The van der Waals surface area contributed by atoms with E-state index in [9.17, 15) is 0 Å². The molecule has 19 heavy (non-hydrogen) atoms. The number of aryl methyl sites for hydroxylation is 1. The quantitative estimate of drug-likeness (QED) is 0.596. The monoisotopic (exact) mass is 375 g/mol. The van der Waals surface area contributed by atoms with E-state index in [-0.39, 0.29) is 30.2 Å². The van der Waals surface area contributed by atoms with Crippen LogP contribution < -0.4 is 28.2 Å². The van der Waals surface area contributed by atoms with Gasteiger partial charge >= 0.3 is 116 Å². The Morgan fingerprint density at radius 1 is 1.00 bits per heavy atom. The Morgan fingerprint density at radius 2 is 1.58 bits per heavy atom. The molecule has 1 aromatic heterocycles. The van der Waals surface area contributed by atoms with Crippen molar-refractivity contribution in [2.24, 2.45) is 5.41 Å². The van der Waals surface area contributed by atoms with Gasteiger partial charge in [0.25, 0.3) is 0 Å². The van der Waals surface area contributed by atoms with Gasteiger partial charge in [-0.2, -0.15) is 0 Å². The molecule has 0 saturated carbocycles. The Bertz CT molecular complexity index is 524. The van der Waals surface area contributed by atoms with E-state index >= 15 is 0 Å². The normalized spacial score (nSPS) is 16.9. The first-order valence-corrected chi connectivity index (χ1v) is 8.62. The van der Waals surface area contributed by atoms with Gasteiger partial charge in [0.2, 0.25) is 0 Å². The number of aromatic nitrogens is 1. The van der Waals surface area contributed by atoms with Crippen molar-refractivity contribution in [3.8, 4) is 0 Å². The van der Waals surface area contributed by atoms with Crippen LogP contribution in [-0.4, -0.2) is 4.98 Å². The van der Waals surface area contributed by atoms with Crippen LogP contribution in [0.4, 0.5) is 0 Å². The molecule has 1 nitrogen and oxygen atoms in total. The van der Waals surface area contributed by atoms with Gasteiger partial charge in [-0.05, 0) is 0 Å². The molecule has 0 amide bonds. The SMILES string of the molecule is CC1=C(C)C(C)(C)[C]([Zr+2][c]2[nH]ccc2C)=C1C.[Cl-].[Cl-]. The third-order valence-corrected chi connectivity index (χ3v) is 9.28. The minimum Gasteiger partial charge on any atom is -1.00 e. The number of hydrogen-bond acceptors (Lipinski definition) is 0. The molecule has 1 aromatic rings. The maximum atomic E-state index is 3.44. The molecule has 0 bridgehead atoms. The van der Waals surface area contributed by atoms with E-state index in [4.69, 9.17) is 0 Å². The summed E-state index contributed by atoms with van der Waals surface area (Å²) in [4.78, 5) is 3.44. The van der Waals surface area contributed by atoms with Crippen molar-refractivity contribution in [3.63, 3.8) is 0 Å². The predicted octanol–water partition coefficient (Wildman–Crippen LogP) is -2.31. The van der Waals surface area contributed by atoms with E-state index < -0.39 is 23.2 Å². The van der Waals surface area contributed by atoms with Crippen LogP contribution >= 0.6 is 0 Å². The molecule has 0 spiro atoms. The minimum atomic E-state index is -0.669. The first-order chi connectivity index (χ1) is 7.85. The van der Waals surface area contributed by atoms with Crippen molar-refractivity contribution in [2.45, 2.75) is 41.5 Å². The third kappa shape index (κ3) is 3.28. The maximum absolute atomic E-state index is 3.44. The average molecular weight is 377 g/mol. The zero-order chi connectivity index (χ0) is 12.8. The van der Waals surface area contributed by atoms with Crippen LogP contribution in [0.1, 0.15) is 40.2 Å². The number of aromatic amines is 1. The fraction of sp³-hybridized carbons (Fsp3) is 0.467. The molecule has 0 aliphatic heterocycles. The molecular weight excluding hydrogens is 356 g/mol. The second-order valence-electron chi connectivity index (χ2n) is 5.54. The molecule has 1 aliphatic carbocycles. The summed E-state index contributed by atoms with van der Waals surface area (Å²) in [5.41, 5.74) is 6.38. The van der Waals surface area contributed by atoms with Crippen LogP contribution in [0.5, 0.6) is 0 Å². The smallest absolute Gasteiger partial charge is 1.00 e. The Morgan fingerprint density at radius 3 is 1.95 bits per heavy atom. The van der Waals surface area contributed by atoms with E-state index in [0.717, 1.165) is 0 Å². The molecular formula is C15H21Cl2NZr. The van der Waals surface area contributed by atoms with Gasteiger partial charge in [-0.25, -0.2) is 0 Å². The Hall–Kier alpha value is 0.223. The number of allylic oxidation sites excluding steroid dienone is 4. The van der Waals surface area contributed by atoms with Crippen molar-refractivity contribution in [2.75, 3.05) is 0 Å². The van der Waals surface area contributed by atoms with E-state index in [2.05, 4.69) is 58.8 Å². The van der Waals surface area contributed by atoms with Crippen LogP contribution in [0.2, 0.25) is 0 Å². The summed E-state index contributed by atoms with van der Waals surface area (Å²) in [7, 11) is 0. The third-order valence-electron chi connectivity index (χ3n) is 4.27. The molecule has 0 fully saturated rings. The molecule has 1 aliphatic rings. The summed E-state index contributed by atoms with van der Waals surface area (Å²) >= 11 is -0.669. The van der Waals surface area contributed by atoms with Crippen LogP contribution in [0.15, 0.2) is 32.3 Å². The number of H-pyrrole nitrogens is 1. The van der Waals surface area contributed by atoms with Gasteiger partial charge < -0.3 is 24.8 Å². The van der Waals surface area contributed by atoms with Gasteiger partial charge in [0.05, 0.1) is 0 Å². The average Bonchev–Trinajstić information content (AvgIpc) is 2.73. The number of nitrogens with one attached hydrogen (secondary N) is 1. The number of halogens is 2. The predicted molar refractivity (Wildman–Crippen MR) is 70.0 cm³/mol. The summed E-state index contributed by atoms with van der Waals surface area (Å²) in [5.74, 6) is 0. The summed E-state index contributed by atoms with van der Waals surface area (Å²) in [6.07, 6.45) is 2.08. The number of rotatable bonds is 2. The van der Waals surface area contributed by atoms with Crippen molar-refractivity contribution in [1.29, 1.82) is 0 Å². The molecule has 0 aromatic carbocycles. The standard InChI is InChI=1S/C10H15.C5H6N.2ClH.Zr/c1-7-6-10(4,5)9(3)8(7)2;1-5-2-3-6-4-5;;;/h1-5H3;2-3,6H,1H3;2*1H;/q;;;;+2/p-2. The van der Waals surface area contributed by atoms with Crippen molar-refractivity contribution in [1.82, 2.24) is 4.98 Å². The largest absolute Gasteiger partial charge is 1.00 e. The van der Waals surface area contributed by atoms with Crippen molar-refractivity contribution >= 4 is 3.40 Å². The van der Waals surface area contributed by atoms with Crippen LogP contribution in [0.3, 0.4) is 0 Å². The molecule has 0 saturated heterocycles. The summed E-state index contributed by atoms with van der Waals surface area (Å²) in [6.45, 7) is 13.9. The fourth-order valence-electron chi connectivity index (χ4n) is 2.55. The van der Waals surface area contributed by atoms with Gasteiger partial charge in [0, 0.05) is 0 Å². The first-order valence-electron chi connectivity index (χ1n) is 6.16. The second kappa shape index (κ2) is 6.79. The minimum absolute atomic E-state index is 0. The number of hydrogen-bond donors (Lipinski definition) is 1. The van der Waals surface area contributed by atoms with Gasteiger partial charge in [-0.3, -0.25) is 0 Å². The van der Waals surface area contributed by atoms with Crippen LogP contribution in [0.25, 0.3) is 0 Å². The molecule has 2 rings (SSSR count). The molecule has 0 atom stereocenters. The summed E-state index contributed by atoms with van der Waals surface area (Å²) in [6, 6.07) is 2.20. The van der Waals surface area contributed by atoms with E-state index in [1.807, 2.05) is 0 Å². The Labute approximate surface area is 140 Å². The van der Waals surface area contributed by atoms with E-state index in [1.165, 1.54) is 14.5 Å². The molecule has 0 unspecified atom stereocenters. The van der Waals surface area contributed by atoms with E-state index in [1.54, 1.807) is 14.4 Å². The Kier molecular flexibility index (Phi) is 6.87. The maximum Gasteiger partial charge on any atom is -1.00 e. The van der Waals surface area contributed by atoms with Gasteiger partial charge in [0.1, 0.15) is 0 Å². The second-order valence-corrected chi connectivity index (χ2v) is 8.61. The van der Waals surface area contributed by atoms with Gasteiger partial charge in [-0.15, -0.1) is 0 Å². The molecule has 1 N–H and O–H groups in total. The van der Waals surface area contributed by atoms with Gasteiger partial charge in [0.15, 0.2) is 0 Å². The van der Waals surface area contributed by atoms with E-state index in [0.29, 0.717) is 0 Å². The zero-order valence-electron chi connectivity index (χ0n) is 12.4. The zero-order valence-corrected chi connectivity index (χ0v) is 16.4.